The van der Waals surface area contributed by atoms with Crippen molar-refractivity contribution in [3.63, 3.8) is 0 Å². The van der Waals surface area contributed by atoms with E-state index in [0.717, 1.165) is 40.5 Å². The zero-order valence-electron chi connectivity index (χ0n) is 15.5. The fraction of sp³-hybridized carbons (Fsp3) is 0.333. The summed E-state index contributed by atoms with van der Waals surface area (Å²) in [6.07, 6.45) is 1.77. The van der Waals surface area contributed by atoms with Gasteiger partial charge in [-0.25, -0.2) is 9.37 Å². The summed E-state index contributed by atoms with van der Waals surface area (Å²) in [4.78, 5) is 19.3. The molecule has 2 heterocycles. The van der Waals surface area contributed by atoms with Gasteiger partial charge in [-0.3, -0.25) is 4.79 Å². The highest BCUT2D eigenvalue weighted by molar-refractivity contribution is 7.22. The second-order valence-corrected chi connectivity index (χ2v) is 8.17. The monoisotopic (exact) mass is 383 g/mol. The first-order chi connectivity index (χ1) is 13.0. The summed E-state index contributed by atoms with van der Waals surface area (Å²) in [6.45, 7) is 5.55. The third-order valence-electron chi connectivity index (χ3n) is 5.20. The number of carbonyl (C=O) groups is 1. The quantitative estimate of drug-likeness (QED) is 0.699. The second kappa shape index (κ2) is 7.27. The molecule has 0 radical (unpaired) electrons. The molecule has 2 aromatic carbocycles. The largest absolute Gasteiger partial charge is 0.347 e. The molecular weight excluding hydrogens is 361 g/mol. The third-order valence-corrected chi connectivity index (χ3v) is 6.28. The Morgan fingerprint density at radius 1 is 1.26 bits per heavy atom. The van der Waals surface area contributed by atoms with Gasteiger partial charge < -0.3 is 10.2 Å². The molecule has 1 saturated heterocycles. The predicted molar refractivity (Wildman–Crippen MR) is 109 cm³/mol. The molecule has 1 N–H and O–H groups in total. The molecule has 1 amide bonds. The smallest absolute Gasteiger partial charge is 0.229 e. The van der Waals surface area contributed by atoms with Crippen molar-refractivity contribution in [1.29, 1.82) is 0 Å². The summed E-state index contributed by atoms with van der Waals surface area (Å²) in [5.41, 5.74) is 3.62. The molecule has 4 rings (SSSR count). The molecule has 6 heteroatoms. The van der Waals surface area contributed by atoms with Crippen LogP contribution in [0.15, 0.2) is 36.4 Å². The average Bonchev–Trinajstić information content (AvgIpc) is 3.11. The maximum atomic E-state index is 13.9. The summed E-state index contributed by atoms with van der Waals surface area (Å²) in [5.74, 6) is -0.358. The van der Waals surface area contributed by atoms with Gasteiger partial charge in [0.15, 0.2) is 5.13 Å². The first kappa shape index (κ1) is 17.9. The van der Waals surface area contributed by atoms with Crippen LogP contribution < -0.4 is 10.2 Å². The lowest BCUT2D eigenvalue weighted by molar-refractivity contribution is -0.120. The molecule has 4 nitrogen and oxygen atoms in total. The minimum atomic E-state index is -0.295. The molecule has 1 fully saturated rings. The van der Waals surface area contributed by atoms with E-state index >= 15 is 0 Å². The SMILES string of the molecule is Cc1ccc(NC(=O)C2CCCN(c3nc4c(F)cccc4s3)C2)cc1C. The van der Waals surface area contributed by atoms with E-state index < -0.39 is 0 Å². The first-order valence-electron chi connectivity index (χ1n) is 9.19. The van der Waals surface area contributed by atoms with Crippen molar-refractivity contribution in [3.8, 4) is 0 Å². The Labute approximate surface area is 162 Å². The van der Waals surface area contributed by atoms with Crippen molar-refractivity contribution in [2.45, 2.75) is 26.7 Å². The number of nitrogens with zero attached hydrogens (tertiary/aromatic N) is 2. The standard InChI is InChI=1S/C21H22FN3OS/c1-13-8-9-16(11-14(13)2)23-20(26)15-5-4-10-25(12-15)21-24-19-17(22)6-3-7-18(19)27-21/h3,6-9,11,15H,4-5,10,12H2,1-2H3,(H,23,26). The van der Waals surface area contributed by atoms with Crippen molar-refractivity contribution in [3.05, 3.63) is 53.3 Å². The van der Waals surface area contributed by atoms with Gasteiger partial charge in [-0.05, 0) is 62.1 Å². The van der Waals surface area contributed by atoms with Crippen LogP contribution in [0.1, 0.15) is 24.0 Å². The maximum Gasteiger partial charge on any atom is 0.229 e. The Balaban J connectivity index is 1.49. The first-order valence-corrected chi connectivity index (χ1v) is 10.0. The number of hydrogen-bond acceptors (Lipinski definition) is 4. The van der Waals surface area contributed by atoms with Crippen LogP contribution in [-0.2, 0) is 4.79 Å². The van der Waals surface area contributed by atoms with Crippen LogP contribution >= 0.6 is 11.3 Å². The van der Waals surface area contributed by atoms with E-state index in [2.05, 4.69) is 22.1 Å². The van der Waals surface area contributed by atoms with Crippen LogP contribution in [0.5, 0.6) is 0 Å². The molecule has 1 unspecified atom stereocenters. The molecule has 140 valence electrons. The van der Waals surface area contributed by atoms with Gasteiger partial charge in [0.2, 0.25) is 5.91 Å². The Kier molecular flexibility index (Phi) is 4.83. The highest BCUT2D eigenvalue weighted by Gasteiger charge is 2.27. The van der Waals surface area contributed by atoms with Gasteiger partial charge >= 0.3 is 0 Å². The summed E-state index contributed by atoms with van der Waals surface area (Å²) in [7, 11) is 0. The van der Waals surface area contributed by atoms with E-state index in [1.54, 1.807) is 6.07 Å². The molecule has 27 heavy (non-hydrogen) atoms. The number of nitrogens with one attached hydrogen (secondary N) is 1. The Bertz CT molecular complexity index is 1000. The third kappa shape index (κ3) is 3.67. The number of anilines is 2. The normalized spacial score (nSPS) is 17.3. The molecule has 1 atom stereocenters. The van der Waals surface area contributed by atoms with Crippen molar-refractivity contribution < 1.29 is 9.18 Å². The lowest BCUT2D eigenvalue weighted by atomic mass is 9.97. The number of benzene rings is 2. The summed E-state index contributed by atoms with van der Waals surface area (Å²) < 4.78 is 14.8. The minimum Gasteiger partial charge on any atom is -0.347 e. The number of piperidine rings is 1. The predicted octanol–water partition coefficient (Wildman–Crippen LogP) is 4.91. The molecule has 1 aromatic heterocycles. The number of halogens is 1. The van der Waals surface area contributed by atoms with Crippen molar-refractivity contribution in [1.82, 2.24) is 4.98 Å². The second-order valence-electron chi connectivity index (χ2n) is 7.16. The van der Waals surface area contributed by atoms with Crippen LogP contribution in [0.2, 0.25) is 0 Å². The van der Waals surface area contributed by atoms with E-state index in [9.17, 15) is 9.18 Å². The number of para-hydroxylation sites is 1. The van der Waals surface area contributed by atoms with Gasteiger partial charge in [0.05, 0.1) is 10.6 Å². The van der Waals surface area contributed by atoms with Gasteiger partial charge in [-0.2, -0.15) is 0 Å². The number of thiazole rings is 1. The number of carbonyl (C=O) groups excluding carboxylic acids is 1. The zero-order chi connectivity index (χ0) is 19.0. The summed E-state index contributed by atoms with van der Waals surface area (Å²) >= 11 is 1.48. The lowest BCUT2D eigenvalue weighted by Gasteiger charge is -2.31. The van der Waals surface area contributed by atoms with E-state index in [4.69, 9.17) is 0 Å². The van der Waals surface area contributed by atoms with Gasteiger partial charge in [0, 0.05) is 18.8 Å². The Morgan fingerprint density at radius 3 is 2.89 bits per heavy atom. The van der Waals surface area contributed by atoms with Crippen LogP contribution in [0, 0.1) is 25.6 Å². The van der Waals surface area contributed by atoms with Gasteiger partial charge in [0.25, 0.3) is 0 Å². The number of amides is 1. The van der Waals surface area contributed by atoms with Crippen LogP contribution in [0.25, 0.3) is 10.2 Å². The van der Waals surface area contributed by atoms with Crippen molar-refractivity contribution in [2.75, 3.05) is 23.3 Å². The molecule has 3 aromatic rings. The van der Waals surface area contributed by atoms with Crippen molar-refractivity contribution in [2.24, 2.45) is 5.92 Å². The minimum absolute atomic E-state index is 0.0373. The van der Waals surface area contributed by atoms with Crippen molar-refractivity contribution >= 4 is 38.3 Å². The molecular formula is C21H22FN3OS. The van der Waals surface area contributed by atoms with E-state index in [1.807, 2.05) is 31.2 Å². The highest BCUT2D eigenvalue weighted by atomic mass is 32.1. The van der Waals surface area contributed by atoms with Gasteiger partial charge in [-0.1, -0.05) is 23.5 Å². The van der Waals surface area contributed by atoms with E-state index in [1.165, 1.54) is 23.0 Å². The van der Waals surface area contributed by atoms with Gasteiger partial charge in [0.1, 0.15) is 11.3 Å². The molecule has 1 aliphatic rings. The summed E-state index contributed by atoms with van der Waals surface area (Å²) in [5, 5.41) is 3.84. The lowest BCUT2D eigenvalue weighted by Crippen LogP contribution is -2.40. The fourth-order valence-corrected chi connectivity index (χ4v) is 4.48. The Hall–Kier alpha value is -2.47. The fourth-order valence-electron chi connectivity index (χ4n) is 3.47. The van der Waals surface area contributed by atoms with Crippen LogP contribution in [0.4, 0.5) is 15.2 Å². The Morgan fingerprint density at radius 2 is 2.11 bits per heavy atom. The zero-order valence-corrected chi connectivity index (χ0v) is 16.3. The number of aryl methyl sites for hydroxylation is 2. The highest BCUT2D eigenvalue weighted by Crippen LogP contribution is 2.33. The summed E-state index contributed by atoms with van der Waals surface area (Å²) in [6, 6.07) is 11.0. The van der Waals surface area contributed by atoms with E-state index in [0.29, 0.717) is 12.1 Å². The molecule has 0 spiro atoms. The number of rotatable bonds is 3. The van der Waals surface area contributed by atoms with Crippen LogP contribution in [0.3, 0.4) is 0 Å². The molecule has 0 bridgehead atoms. The molecule has 1 aliphatic heterocycles. The van der Waals surface area contributed by atoms with Gasteiger partial charge in [-0.15, -0.1) is 0 Å². The maximum absolute atomic E-state index is 13.9. The number of hydrogen-bond donors (Lipinski definition) is 1. The average molecular weight is 383 g/mol. The molecule has 0 aliphatic carbocycles. The topological polar surface area (TPSA) is 45.2 Å². The number of aromatic nitrogens is 1. The molecule has 0 saturated carbocycles. The number of fused-ring (bicyclic) bond motifs is 1. The van der Waals surface area contributed by atoms with E-state index in [-0.39, 0.29) is 17.6 Å². The van der Waals surface area contributed by atoms with Crippen LogP contribution in [-0.4, -0.2) is 24.0 Å².